The Hall–Kier alpha value is -3.05. The molecular weight excluding hydrogens is 378 g/mol. The van der Waals surface area contributed by atoms with Crippen molar-refractivity contribution in [3.05, 3.63) is 81.7 Å². The van der Waals surface area contributed by atoms with Crippen LogP contribution in [0.15, 0.2) is 65.6 Å². The normalized spacial score (nSPS) is 10.6. The third-order valence-electron chi connectivity index (χ3n) is 4.36. The molecule has 1 heterocycles. The van der Waals surface area contributed by atoms with E-state index in [2.05, 4.69) is 6.92 Å². The van der Waals surface area contributed by atoms with Crippen molar-refractivity contribution in [3.63, 3.8) is 0 Å². The predicted octanol–water partition coefficient (Wildman–Crippen LogP) is 5.46. The largest absolute Gasteiger partial charge is 0.478 e. The molecule has 0 radical (unpaired) electrons. The molecule has 0 bridgehead atoms. The number of halogens is 1. The molecule has 0 aliphatic carbocycles. The SMILES string of the molecule is CCCCn1ccc(-c2ccc(Oc3ccc(C(=O)O)cc3)cc2)c(Cl)c1=O. The summed E-state index contributed by atoms with van der Waals surface area (Å²) in [6.45, 7) is 2.73. The molecule has 0 aliphatic heterocycles. The Bertz CT molecular complexity index is 1020. The van der Waals surface area contributed by atoms with Gasteiger partial charge in [0.2, 0.25) is 0 Å². The summed E-state index contributed by atoms with van der Waals surface area (Å²) in [5.41, 5.74) is 1.51. The molecule has 0 fully saturated rings. The molecule has 6 heteroatoms. The van der Waals surface area contributed by atoms with Crippen LogP contribution in [0.4, 0.5) is 0 Å². The fraction of sp³-hybridized carbons (Fsp3) is 0.182. The third kappa shape index (κ3) is 4.43. The Morgan fingerprint density at radius 1 is 1.04 bits per heavy atom. The Morgan fingerprint density at radius 3 is 2.21 bits per heavy atom. The number of carboxylic acids is 1. The number of ether oxygens (including phenoxy) is 1. The highest BCUT2D eigenvalue weighted by atomic mass is 35.5. The van der Waals surface area contributed by atoms with Crippen molar-refractivity contribution in [2.45, 2.75) is 26.3 Å². The molecule has 0 saturated carbocycles. The van der Waals surface area contributed by atoms with E-state index in [-0.39, 0.29) is 16.1 Å². The summed E-state index contributed by atoms with van der Waals surface area (Å²) in [6.07, 6.45) is 3.70. The number of carbonyl (C=O) groups is 1. The first-order chi connectivity index (χ1) is 13.5. The standard InChI is InChI=1S/C22H20ClNO4/c1-2-3-13-24-14-12-19(20(23)21(24)25)15-4-8-17(9-5-15)28-18-10-6-16(7-11-18)22(26)27/h4-12,14H,2-3,13H2,1H3,(H,26,27). The average molecular weight is 398 g/mol. The van der Waals surface area contributed by atoms with Gasteiger partial charge in [0.1, 0.15) is 16.5 Å². The molecule has 2 aromatic carbocycles. The van der Waals surface area contributed by atoms with Gasteiger partial charge in [0.15, 0.2) is 0 Å². The number of benzene rings is 2. The van der Waals surface area contributed by atoms with Gasteiger partial charge in [-0.2, -0.15) is 0 Å². The number of hydrogen-bond acceptors (Lipinski definition) is 3. The van der Waals surface area contributed by atoms with E-state index in [4.69, 9.17) is 21.4 Å². The second kappa shape index (κ2) is 8.76. The van der Waals surface area contributed by atoms with Crippen LogP contribution in [0.3, 0.4) is 0 Å². The van der Waals surface area contributed by atoms with E-state index in [1.54, 1.807) is 35.0 Å². The number of unbranched alkanes of at least 4 members (excludes halogenated alkanes) is 1. The number of aryl methyl sites for hydroxylation is 1. The lowest BCUT2D eigenvalue weighted by atomic mass is 10.1. The minimum atomic E-state index is -0.982. The Kier molecular flexibility index (Phi) is 6.16. The molecule has 0 aliphatic rings. The molecule has 144 valence electrons. The highest BCUT2D eigenvalue weighted by Crippen LogP contribution is 2.29. The van der Waals surface area contributed by atoms with Crippen LogP contribution in [-0.2, 0) is 6.54 Å². The molecule has 1 N–H and O–H groups in total. The Labute approximate surface area is 167 Å². The lowest BCUT2D eigenvalue weighted by Gasteiger charge is -2.10. The number of nitrogens with zero attached hydrogens (tertiary/aromatic N) is 1. The summed E-state index contributed by atoms with van der Waals surface area (Å²) in [4.78, 5) is 23.3. The zero-order chi connectivity index (χ0) is 20.1. The number of rotatable bonds is 7. The maximum absolute atomic E-state index is 12.4. The van der Waals surface area contributed by atoms with Gasteiger partial charge in [-0.25, -0.2) is 4.79 Å². The topological polar surface area (TPSA) is 68.5 Å². The van der Waals surface area contributed by atoms with E-state index < -0.39 is 5.97 Å². The van der Waals surface area contributed by atoms with E-state index >= 15 is 0 Å². The van der Waals surface area contributed by atoms with Gasteiger partial charge in [0.05, 0.1) is 5.56 Å². The fourth-order valence-electron chi connectivity index (χ4n) is 2.78. The van der Waals surface area contributed by atoms with Gasteiger partial charge in [0, 0.05) is 18.3 Å². The zero-order valence-corrected chi connectivity index (χ0v) is 16.1. The monoisotopic (exact) mass is 397 g/mol. The minimum Gasteiger partial charge on any atom is -0.478 e. The van der Waals surface area contributed by atoms with Gasteiger partial charge < -0.3 is 14.4 Å². The summed E-state index contributed by atoms with van der Waals surface area (Å²) in [7, 11) is 0. The maximum atomic E-state index is 12.4. The highest BCUT2D eigenvalue weighted by Gasteiger charge is 2.10. The van der Waals surface area contributed by atoms with Crippen molar-refractivity contribution < 1.29 is 14.6 Å². The van der Waals surface area contributed by atoms with Gasteiger partial charge >= 0.3 is 5.97 Å². The van der Waals surface area contributed by atoms with Crippen LogP contribution in [0.5, 0.6) is 11.5 Å². The number of aromatic nitrogens is 1. The zero-order valence-electron chi connectivity index (χ0n) is 15.4. The van der Waals surface area contributed by atoms with Gasteiger partial charge in [-0.15, -0.1) is 0 Å². The molecule has 5 nitrogen and oxygen atoms in total. The van der Waals surface area contributed by atoms with Crippen LogP contribution in [0.2, 0.25) is 5.02 Å². The summed E-state index contributed by atoms with van der Waals surface area (Å²) in [5, 5.41) is 9.14. The van der Waals surface area contributed by atoms with Crippen LogP contribution >= 0.6 is 11.6 Å². The van der Waals surface area contributed by atoms with Crippen molar-refractivity contribution in [1.82, 2.24) is 4.57 Å². The van der Waals surface area contributed by atoms with Gasteiger partial charge in [-0.1, -0.05) is 37.1 Å². The smallest absolute Gasteiger partial charge is 0.335 e. The Morgan fingerprint density at radius 2 is 1.64 bits per heavy atom. The molecule has 0 amide bonds. The summed E-state index contributed by atoms with van der Waals surface area (Å²) in [6, 6.07) is 15.2. The third-order valence-corrected chi connectivity index (χ3v) is 4.73. The lowest BCUT2D eigenvalue weighted by molar-refractivity contribution is 0.0697. The van der Waals surface area contributed by atoms with Crippen LogP contribution in [0, 0.1) is 0 Å². The molecule has 0 saturated heterocycles. The van der Waals surface area contributed by atoms with E-state index in [0.717, 1.165) is 18.4 Å². The second-order valence-electron chi connectivity index (χ2n) is 6.35. The minimum absolute atomic E-state index is 0.188. The van der Waals surface area contributed by atoms with Crippen LogP contribution in [0.1, 0.15) is 30.1 Å². The lowest BCUT2D eigenvalue weighted by Crippen LogP contribution is -2.20. The van der Waals surface area contributed by atoms with Crippen molar-refractivity contribution in [3.8, 4) is 22.6 Å². The fourth-order valence-corrected chi connectivity index (χ4v) is 3.06. The Balaban J connectivity index is 1.78. The predicted molar refractivity (Wildman–Crippen MR) is 110 cm³/mol. The molecular formula is C22H20ClNO4. The van der Waals surface area contributed by atoms with Crippen molar-refractivity contribution in [2.24, 2.45) is 0 Å². The first-order valence-corrected chi connectivity index (χ1v) is 9.38. The molecule has 0 atom stereocenters. The molecule has 3 rings (SSSR count). The maximum Gasteiger partial charge on any atom is 0.335 e. The first kappa shape index (κ1) is 19.7. The van der Waals surface area contributed by atoms with Crippen LogP contribution < -0.4 is 10.3 Å². The number of carboxylic acid groups (broad SMARTS) is 1. The summed E-state index contributed by atoms with van der Waals surface area (Å²) in [5.74, 6) is 0.151. The summed E-state index contributed by atoms with van der Waals surface area (Å²) < 4.78 is 7.36. The van der Waals surface area contributed by atoms with E-state index in [1.165, 1.54) is 12.1 Å². The van der Waals surface area contributed by atoms with Gasteiger partial charge in [-0.05, 0) is 54.4 Å². The highest BCUT2D eigenvalue weighted by molar-refractivity contribution is 6.33. The molecule has 28 heavy (non-hydrogen) atoms. The van der Waals surface area contributed by atoms with Crippen molar-refractivity contribution in [1.29, 1.82) is 0 Å². The number of aromatic carboxylic acids is 1. The van der Waals surface area contributed by atoms with Crippen molar-refractivity contribution >= 4 is 17.6 Å². The molecule has 0 spiro atoms. The van der Waals surface area contributed by atoms with Gasteiger partial charge in [0.25, 0.3) is 5.56 Å². The van der Waals surface area contributed by atoms with E-state index in [0.29, 0.717) is 23.6 Å². The quantitative estimate of drug-likeness (QED) is 0.574. The average Bonchev–Trinajstić information content (AvgIpc) is 2.70. The molecule has 3 aromatic rings. The number of pyridine rings is 1. The van der Waals surface area contributed by atoms with Crippen molar-refractivity contribution in [2.75, 3.05) is 0 Å². The first-order valence-electron chi connectivity index (χ1n) is 9.00. The molecule has 1 aromatic heterocycles. The second-order valence-corrected chi connectivity index (χ2v) is 6.73. The van der Waals surface area contributed by atoms with Gasteiger partial charge in [-0.3, -0.25) is 4.79 Å². The van der Waals surface area contributed by atoms with E-state index in [9.17, 15) is 9.59 Å². The molecule has 0 unspecified atom stereocenters. The van der Waals surface area contributed by atoms with E-state index in [1.807, 2.05) is 18.2 Å². The van der Waals surface area contributed by atoms with Crippen LogP contribution in [0.25, 0.3) is 11.1 Å². The number of hydrogen-bond donors (Lipinski definition) is 1. The van der Waals surface area contributed by atoms with Crippen LogP contribution in [-0.4, -0.2) is 15.6 Å². The summed E-state index contributed by atoms with van der Waals surface area (Å²) >= 11 is 6.31.